The van der Waals surface area contributed by atoms with E-state index in [9.17, 15) is 4.79 Å². The van der Waals surface area contributed by atoms with Gasteiger partial charge >= 0.3 is 5.97 Å². The molecule has 14 heavy (non-hydrogen) atoms. The van der Waals surface area contributed by atoms with E-state index in [1.54, 1.807) is 0 Å². The molecule has 0 atom stereocenters. The van der Waals surface area contributed by atoms with Crippen LogP contribution in [-0.2, 0) is 9.53 Å². The molecule has 5 heteroatoms. The summed E-state index contributed by atoms with van der Waals surface area (Å²) < 4.78 is 4.94. The standard InChI is InChI=1S/C9H17NO2.2ClH/c1-2-12-9(11)7-3-5-8(10)6-4-7;;/h7-8H,2-6,10H2,1H3;2*1H/t7-,8-;;. The summed E-state index contributed by atoms with van der Waals surface area (Å²) in [6, 6.07) is 0.302. The van der Waals surface area contributed by atoms with Crippen molar-refractivity contribution in [2.45, 2.75) is 38.6 Å². The molecule has 0 radical (unpaired) electrons. The lowest BCUT2D eigenvalue weighted by molar-refractivity contribution is -0.149. The van der Waals surface area contributed by atoms with E-state index in [-0.39, 0.29) is 36.7 Å². The van der Waals surface area contributed by atoms with E-state index >= 15 is 0 Å². The van der Waals surface area contributed by atoms with E-state index in [1.165, 1.54) is 0 Å². The molecular weight excluding hydrogens is 225 g/mol. The molecule has 0 amide bonds. The van der Waals surface area contributed by atoms with Gasteiger partial charge in [0.2, 0.25) is 0 Å². The highest BCUT2D eigenvalue weighted by atomic mass is 35.5. The predicted molar refractivity (Wildman–Crippen MR) is 61.1 cm³/mol. The minimum Gasteiger partial charge on any atom is -0.466 e. The number of halogens is 2. The molecule has 3 nitrogen and oxygen atoms in total. The van der Waals surface area contributed by atoms with E-state index < -0.39 is 0 Å². The van der Waals surface area contributed by atoms with E-state index in [2.05, 4.69) is 0 Å². The average molecular weight is 244 g/mol. The SMILES string of the molecule is CCOC(=O)[C@H]1CC[C@H](N)CC1.Cl.Cl. The molecule has 0 aromatic rings. The van der Waals surface area contributed by atoms with E-state index in [4.69, 9.17) is 10.5 Å². The van der Waals surface area contributed by atoms with Gasteiger partial charge < -0.3 is 10.5 Å². The number of nitrogens with two attached hydrogens (primary N) is 1. The largest absolute Gasteiger partial charge is 0.466 e. The van der Waals surface area contributed by atoms with Crippen molar-refractivity contribution in [1.29, 1.82) is 0 Å². The topological polar surface area (TPSA) is 52.3 Å². The van der Waals surface area contributed by atoms with Crippen LogP contribution in [0.5, 0.6) is 0 Å². The van der Waals surface area contributed by atoms with Crippen molar-refractivity contribution in [2.75, 3.05) is 6.61 Å². The highest BCUT2D eigenvalue weighted by Crippen LogP contribution is 2.23. The van der Waals surface area contributed by atoms with Crippen LogP contribution in [0.4, 0.5) is 0 Å². The lowest BCUT2D eigenvalue weighted by atomic mass is 9.86. The van der Waals surface area contributed by atoms with Gasteiger partial charge in [0, 0.05) is 6.04 Å². The Morgan fingerprint density at radius 2 is 1.79 bits per heavy atom. The Morgan fingerprint density at radius 1 is 1.29 bits per heavy atom. The zero-order chi connectivity index (χ0) is 8.97. The van der Waals surface area contributed by atoms with Crippen LogP contribution in [0.2, 0.25) is 0 Å². The zero-order valence-corrected chi connectivity index (χ0v) is 10.0. The zero-order valence-electron chi connectivity index (χ0n) is 8.40. The van der Waals surface area contributed by atoms with Gasteiger partial charge in [-0.3, -0.25) is 4.79 Å². The second-order valence-corrected chi connectivity index (χ2v) is 3.36. The third kappa shape index (κ3) is 5.03. The smallest absolute Gasteiger partial charge is 0.308 e. The number of ether oxygens (including phenoxy) is 1. The van der Waals surface area contributed by atoms with Gasteiger partial charge in [-0.15, -0.1) is 24.8 Å². The van der Waals surface area contributed by atoms with Gasteiger partial charge in [-0.1, -0.05) is 0 Å². The van der Waals surface area contributed by atoms with Crippen LogP contribution in [0.15, 0.2) is 0 Å². The first kappa shape index (κ1) is 16.4. The molecule has 0 bridgehead atoms. The minimum absolute atomic E-state index is 0. The van der Waals surface area contributed by atoms with Crippen molar-refractivity contribution >= 4 is 30.8 Å². The number of esters is 1. The summed E-state index contributed by atoms with van der Waals surface area (Å²) in [5.74, 6) is 0.0779. The quantitative estimate of drug-likeness (QED) is 0.755. The molecule has 0 heterocycles. The molecule has 1 fully saturated rings. The van der Waals surface area contributed by atoms with Crippen molar-refractivity contribution in [3.8, 4) is 0 Å². The van der Waals surface area contributed by atoms with Crippen molar-refractivity contribution in [2.24, 2.45) is 11.7 Å². The lowest BCUT2D eigenvalue weighted by Crippen LogP contribution is -2.30. The Balaban J connectivity index is 0. The van der Waals surface area contributed by atoms with Crippen LogP contribution in [0.3, 0.4) is 0 Å². The summed E-state index contributed by atoms with van der Waals surface area (Å²) in [6.45, 7) is 2.33. The molecule has 86 valence electrons. The first-order chi connectivity index (χ1) is 5.74. The summed E-state index contributed by atoms with van der Waals surface area (Å²) in [5.41, 5.74) is 5.72. The molecule has 0 unspecified atom stereocenters. The van der Waals surface area contributed by atoms with E-state index in [1.807, 2.05) is 6.92 Å². The minimum atomic E-state index is -0.0376. The van der Waals surface area contributed by atoms with Gasteiger partial charge in [0.15, 0.2) is 0 Å². The Morgan fingerprint density at radius 3 is 2.21 bits per heavy atom. The van der Waals surface area contributed by atoms with Gasteiger partial charge in [0.1, 0.15) is 0 Å². The fraction of sp³-hybridized carbons (Fsp3) is 0.889. The predicted octanol–water partition coefficient (Wildman–Crippen LogP) is 1.91. The number of carbonyl (C=O) groups excluding carboxylic acids is 1. The molecule has 2 N–H and O–H groups in total. The van der Waals surface area contributed by atoms with Gasteiger partial charge in [0.25, 0.3) is 0 Å². The molecule has 1 rings (SSSR count). The summed E-state index contributed by atoms with van der Waals surface area (Å²) in [4.78, 5) is 11.2. The fourth-order valence-corrected chi connectivity index (χ4v) is 1.62. The maximum atomic E-state index is 11.2. The maximum Gasteiger partial charge on any atom is 0.308 e. The second kappa shape index (κ2) is 8.33. The first-order valence-corrected chi connectivity index (χ1v) is 4.66. The van der Waals surface area contributed by atoms with Crippen LogP contribution in [0, 0.1) is 5.92 Å². The van der Waals surface area contributed by atoms with Crippen LogP contribution >= 0.6 is 24.8 Å². The summed E-state index contributed by atoms with van der Waals surface area (Å²) in [5, 5.41) is 0. The van der Waals surface area contributed by atoms with E-state index in [0.29, 0.717) is 12.6 Å². The van der Waals surface area contributed by atoms with Gasteiger partial charge in [-0.05, 0) is 32.6 Å². The van der Waals surface area contributed by atoms with E-state index in [0.717, 1.165) is 25.7 Å². The summed E-state index contributed by atoms with van der Waals surface area (Å²) in [6.07, 6.45) is 3.73. The number of rotatable bonds is 2. The Hall–Kier alpha value is 0.01000. The summed E-state index contributed by atoms with van der Waals surface area (Å²) in [7, 11) is 0. The Bertz CT molecular complexity index is 159. The molecule has 0 spiro atoms. The second-order valence-electron chi connectivity index (χ2n) is 3.36. The van der Waals surface area contributed by atoms with Crippen molar-refractivity contribution in [3.63, 3.8) is 0 Å². The van der Waals surface area contributed by atoms with Crippen LogP contribution < -0.4 is 5.73 Å². The molecule has 0 aromatic heterocycles. The van der Waals surface area contributed by atoms with Gasteiger partial charge in [-0.25, -0.2) is 0 Å². The molecule has 0 aliphatic heterocycles. The average Bonchev–Trinajstić information content (AvgIpc) is 2.06. The molecular formula is C9H19Cl2NO2. The summed E-state index contributed by atoms with van der Waals surface area (Å²) >= 11 is 0. The van der Waals surface area contributed by atoms with Crippen LogP contribution in [-0.4, -0.2) is 18.6 Å². The Kier molecular flexibility index (Phi) is 9.78. The lowest BCUT2D eigenvalue weighted by Gasteiger charge is -2.24. The van der Waals surface area contributed by atoms with Crippen LogP contribution in [0.1, 0.15) is 32.6 Å². The Labute approximate surface area is 97.6 Å². The molecule has 1 aliphatic rings. The monoisotopic (exact) mass is 243 g/mol. The normalized spacial score (nSPS) is 25.6. The number of carbonyl (C=O) groups is 1. The van der Waals surface area contributed by atoms with Gasteiger partial charge in [0.05, 0.1) is 12.5 Å². The molecule has 0 saturated heterocycles. The fourth-order valence-electron chi connectivity index (χ4n) is 1.62. The molecule has 0 aromatic carbocycles. The maximum absolute atomic E-state index is 11.2. The van der Waals surface area contributed by atoms with Gasteiger partial charge in [-0.2, -0.15) is 0 Å². The highest BCUT2D eigenvalue weighted by Gasteiger charge is 2.25. The van der Waals surface area contributed by atoms with Crippen molar-refractivity contribution in [3.05, 3.63) is 0 Å². The number of hydrogen-bond donors (Lipinski definition) is 1. The van der Waals surface area contributed by atoms with Crippen LogP contribution in [0.25, 0.3) is 0 Å². The molecule has 1 saturated carbocycles. The third-order valence-corrected chi connectivity index (χ3v) is 2.39. The third-order valence-electron chi connectivity index (χ3n) is 2.39. The van der Waals surface area contributed by atoms with Crippen molar-refractivity contribution < 1.29 is 9.53 Å². The molecule has 1 aliphatic carbocycles. The first-order valence-electron chi connectivity index (χ1n) is 4.66. The van der Waals surface area contributed by atoms with Crippen molar-refractivity contribution in [1.82, 2.24) is 0 Å². The number of hydrogen-bond acceptors (Lipinski definition) is 3. The highest BCUT2D eigenvalue weighted by molar-refractivity contribution is 5.85.